The summed E-state index contributed by atoms with van der Waals surface area (Å²) in [6.07, 6.45) is 0. The number of fused-ring (bicyclic) bond motifs is 3. The molecule has 0 saturated carbocycles. The van der Waals surface area contributed by atoms with Gasteiger partial charge in [0.25, 0.3) is 5.69 Å². The number of hydrogen-bond acceptors (Lipinski definition) is 1. The predicted molar refractivity (Wildman–Crippen MR) is 92.8 cm³/mol. The van der Waals surface area contributed by atoms with Crippen molar-refractivity contribution in [1.29, 1.82) is 0 Å². The van der Waals surface area contributed by atoms with Crippen molar-refractivity contribution in [1.82, 2.24) is 0 Å². The number of halogens is 1. The van der Waals surface area contributed by atoms with Gasteiger partial charge in [0, 0.05) is 11.5 Å². The lowest BCUT2D eigenvalue weighted by Gasteiger charge is -2.21. The van der Waals surface area contributed by atoms with Crippen molar-refractivity contribution in [3.05, 3.63) is 66.0 Å². The standard InChI is InChI=1S/C21H15FNO/c1-12-10-11-13-6-5-9-16-18(13)17(12)20-21(24-16)19(22)14-7-3-4-8-15(14)23(20)2/h3-11H,1-2H3/q+1. The third-order valence-corrected chi connectivity index (χ3v) is 4.92. The third-order valence-electron chi connectivity index (χ3n) is 4.92. The molecule has 0 saturated heterocycles. The molecule has 0 bridgehead atoms. The van der Waals surface area contributed by atoms with Crippen LogP contribution in [0.5, 0.6) is 11.5 Å². The highest BCUT2D eigenvalue weighted by Gasteiger charge is 2.34. The molecule has 0 fully saturated rings. The number of aromatic nitrogens is 1. The zero-order chi connectivity index (χ0) is 16.4. The molecule has 5 rings (SSSR count). The Morgan fingerprint density at radius 2 is 1.79 bits per heavy atom. The van der Waals surface area contributed by atoms with Crippen molar-refractivity contribution in [3.63, 3.8) is 0 Å². The van der Waals surface area contributed by atoms with Gasteiger partial charge in [0.2, 0.25) is 11.3 Å². The number of aryl methyl sites for hydroxylation is 2. The molecule has 1 aromatic heterocycles. The second kappa shape index (κ2) is 4.54. The molecule has 0 aliphatic carbocycles. The summed E-state index contributed by atoms with van der Waals surface area (Å²) >= 11 is 0. The van der Waals surface area contributed by atoms with Crippen LogP contribution < -0.4 is 9.30 Å². The van der Waals surface area contributed by atoms with Gasteiger partial charge in [-0.3, -0.25) is 0 Å². The number of ether oxygens (including phenoxy) is 1. The first-order chi connectivity index (χ1) is 11.7. The van der Waals surface area contributed by atoms with Crippen molar-refractivity contribution < 1.29 is 13.7 Å². The number of rotatable bonds is 0. The Morgan fingerprint density at radius 3 is 2.67 bits per heavy atom. The minimum absolute atomic E-state index is 0.301. The molecule has 3 heteroatoms. The van der Waals surface area contributed by atoms with E-state index in [4.69, 9.17) is 4.74 Å². The maximum atomic E-state index is 15.2. The minimum atomic E-state index is -0.301. The Kier molecular flexibility index (Phi) is 2.55. The van der Waals surface area contributed by atoms with E-state index >= 15 is 4.39 Å². The number of pyridine rings is 1. The van der Waals surface area contributed by atoms with Crippen LogP contribution in [0.15, 0.2) is 54.6 Å². The summed E-state index contributed by atoms with van der Waals surface area (Å²) < 4.78 is 23.3. The van der Waals surface area contributed by atoms with Crippen LogP contribution in [-0.4, -0.2) is 0 Å². The molecule has 1 aliphatic heterocycles. The van der Waals surface area contributed by atoms with Crippen molar-refractivity contribution in [2.45, 2.75) is 6.92 Å². The second-order valence-electron chi connectivity index (χ2n) is 6.28. The molecule has 0 N–H and O–H groups in total. The highest BCUT2D eigenvalue weighted by atomic mass is 19.1. The topological polar surface area (TPSA) is 13.1 Å². The summed E-state index contributed by atoms with van der Waals surface area (Å²) in [5.74, 6) is 0.725. The Balaban J connectivity index is 2.06. The van der Waals surface area contributed by atoms with E-state index in [-0.39, 0.29) is 5.82 Å². The quantitative estimate of drug-likeness (QED) is 0.365. The fourth-order valence-electron chi connectivity index (χ4n) is 3.78. The predicted octanol–water partition coefficient (Wildman–Crippen LogP) is 5.04. The lowest BCUT2D eigenvalue weighted by atomic mass is 9.93. The van der Waals surface area contributed by atoms with E-state index in [1.54, 1.807) is 6.07 Å². The lowest BCUT2D eigenvalue weighted by Crippen LogP contribution is -2.34. The fourth-order valence-corrected chi connectivity index (χ4v) is 3.78. The van der Waals surface area contributed by atoms with Crippen LogP contribution >= 0.6 is 0 Å². The summed E-state index contributed by atoms with van der Waals surface area (Å²) in [5, 5.41) is 2.73. The zero-order valence-electron chi connectivity index (χ0n) is 13.4. The summed E-state index contributed by atoms with van der Waals surface area (Å²) in [5.41, 5.74) is 3.82. The number of hydrogen-bond donors (Lipinski definition) is 0. The van der Waals surface area contributed by atoms with Crippen molar-refractivity contribution in [2.75, 3.05) is 0 Å². The molecular formula is C21H15FNO+. The second-order valence-corrected chi connectivity index (χ2v) is 6.28. The summed E-state index contributed by atoms with van der Waals surface area (Å²) in [7, 11) is 1.97. The number of benzene rings is 3. The normalized spacial score (nSPS) is 12.3. The molecule has 0 atom stereocenters. The largest absolute Gasteiger partial charge is 0.447 e. The number of nitrogens with zero attached hydrogens (tertiary/aromatic N) is 1. The van der Waals surface area contributed by atoms with Gasteiger partial charge in [-0.2, -0.15) is 4.57 Å². The molecule has 0 spiro atoms. The van der Waals surface area contributed by atoms with Crippen LogP contribution in [-0.2, 0) is 7.05 Å². The zero-order valence-corrected chi connectivity index (χ0v) is 13.4. The summed E-state index contributed by atoms with van der Waals surface area (Å²) in [6.45, 7) is 2.06. The average Bonchev–Trinajstić information content (AvgIpc) is 2.62. The maximum Gasteiger partial charge on any atom is 0.260 e. The molecule has 3 aromatic carbocycles. The van der Waals surface area contributed by atoms with Crippen molar-refractivity contribution in [3.8, 4) is 22.8 Å². The van der Waals surface area contributed by atoms with Gasteiger partial charge in [0.15, 0.2) is 5.82 Å². The summed E-state index contributed by atoms with van der Waals surface area (Å²) in [6, 6.07) is 17.6. The SMILES string of the molecule is Cc1ccc2cccc3c2c1-c1c(c(F)c2ccccc2[n+]1C)O3. The molecule has 0 amide bonds. The van der Waals surface area contributed by atoms with Crippen LogP contribution in [0.1, 0.15) is 5.56 Å². The van der Waals surface area contributed by atoms with E-state index in [1.807, 2.05) is 41.9 Å². The van der Waals surface area contributed by atoms with E-state index in [2.05, 4.69) is 25.1 Å². The minimum Gasteiger partial charge on any atom is -0.447 e. The fraction of sp³-hybridized carbons (Fsp3) is 0.0952. The summed E-state index contributed by atoms with van der Waals surface area (Å²) in [4.78, 5) is 0. The first-order valence-electron chi connectivity index (χ1n) is 7.97. The molecule has 1 aliphatic rings. The van der Waals surface area contributed by atoms with Crippen LogP contribution in [0.25, 0.3) is 32.9 Å². The van der Waals surface area contributed by atoms with Gasteiger partial charge in [0.05, 0.1) is 10.9 Å². The van der Waals surface area contributed by atoms with E-state index in [1.165, 1.54) is 0 Å². The average molecular weight is 316 g/mol. The van der Waals surface area contributed by atoms with Gasteiger partial charge in [0.1, 0.15) is 12.8 Å². The van der Waals surface area contributed by atoms with Gasteiger partial charge in [-0.15, -0.1) is 0 Å². The number of para-hydroxylation sites is 1. The lowest BCUT2D eigenvalue weighted by molar-refractivity contribution is -0.634. The van der Waals surface area contributed by atoms with Crippen LogP contribution in [0, 0.1) is 12.7 Å². The van der Waals surface area contributed by atoms with Gasteiger partial charge in [-0.1, -0.05) is 36.4 Å². The highest BCUT2D eigenvalue weighted by molar-refractivity contribution is 6.04. The van der Waals surface area contributed by atoms with Gasteiger partial charge in [-0.25, -0.2) is 4.39 Å². The van der Waals surface area contributed by atoms with Crippen molar-refractivity contribution in [2.24, 2.45) is 7.05 Å². The monoisotopic (exact) mass is 316 g/mol. The smallest absolute Gasteiger partial charge is 0.260 e. The first-order valence-corrected chi connectivity index (χ1v) is 7.97. The first kappa shape index (κ1) is 13.5. The molecule has 2 nitrogen and oxygen atoms in total. The van der Waals surface area contributed by atoms with E-state index in [0.29, 0.717) is 16.9 Å². The van der Waals surface area contributed by atoms with Gasteiger partial charge >= 0.3 is 0 Å². The van der Waals surface area contributed by atoms with Crippen molar-refractivity contribution >= 4 is 21.7 Å². The Hall–Kier alpha value is -2.94. The van der Waals surface area contributed by atoms with Crippen LogP contribution in [0.3, 0.4) is 0 Å². The molecule has 24 heavy (non-hydrogen) atoms. The molecule has 0 unspecified atom stereocenters. The van der Waals surface area contributed by atoms with E-state index in [0.717, 1.165) is 33.1 Å². The highest BCUT2D eigenvalue weighted by Crippen LogP contribution is 2.48. The maximum absolute atomic E-state index is 15.2. The van der Waals surface area contributed by atoms with E-state index < -0.39 is 0 Å². The Morgan fingerprint density at radius 1 is 0.958 bits per heavy atom. The molecule has 2 heterocycles. The van der Waals surface area contributed by atoms with E-state index in [9.17, 15) is 0 Å². The molecule has 0 radical (unpaired) electrons. The molecule has 4 aromatic rings. The van der Waals surface area contributed by atoms with Gasteiger partial charge in [-0.05, 0) is 30.0 Å². The Labute approximate surface area is 138 Å². The van der Waals surface area contributed by atoms with Crippen LogP contribution in [0.2, 0.25) is 0 Å². The Bertz CT molecular complexity index is 1160. The van der Waals surface area contributed by atoms with Gasteiger partial charge < -0.3 is 4.74 Å². The third kappa shape index (κ3) is 1.56. The molecule has 116 valence electrons. The van der Waals surface area contributed by atoms with Crippen LogP contribution in [0.4, 0.5) is 4.39 Å². The molecular weight excluding hydrogens is 301 g/mol.